The summed E-state index contributed by atoms with van der Waals surface area (Å²) in [5.41, 5.74) is 4.67. The Morgan fingerprint density at radius 1 is 1.23 bits per heavy atom. The number of aryl methyl sites for hydroxylation is 2. The second-order valence-corrected chi connectivity index (χ2v) is 5.59. The van der Waals surface area contributed by atoms with Crippen molar-refractivity contribution in [2.75, 3.05) is 13.7 Å². The molecule has 0 atom stereocenters. The van der Waals surface area contributed by atoms with E-state index >= 15 is 0 Å². The van der Waals surface area contributed by atoms with Crippen LogP contribution in [0.4, 0.5) is 5.69 Å². The largest absolute Gasteiger partial charge is 0.490 e. The molecule has 0 aliphatic rings. The van der Waals surface area contributed by atoms with Gasteiger partial charge in [0.1, 0.15) is 5.75 Å². The predicted molar refractivity (Wildman–Crippen MR) is 96.8 cm³/mol. The molecule has 0 aliphatic carbocycles. The molecule has 0 aliphatic heterocycles. The first-order chi connectivity index (χ1) is 12.4. The summed E-state index contributed by atoms with van der Waals surface area (Å²) in [6.07, 6.45) is 1.31. The second-order valence-electron chi connectivity index (χ2n) is 5.59. The first-order valence-corrected chi connectivity index (χ1v) is 7.74. The average Bonchev–Trinajstić information content (AvgIpc) is 2.59. The molecule has 1 N–H and O–H groups in total. The lowest BCUT2D eigenvalue weighted by Gasteiger charge is -2.07. The number of methoxy groups -OCH3 is 1. The fourth-order valence-electron chi connectivity index (χ4n) is 2.31. The third-order valence-corrected chi connectivity index (χ3v) is 3.37. The van der Waals surface area contributed by atoms with Gasteiger partial charge in [-0.1, -0.05) is 6.07 Å². The maximum absolute atomic E-state index is 11.8. The van der Waals surface area contributed by atoms with Crippen molar-refractivity contribution < 1.29 is 19.2 Å². The lowest BCUT2D eigenvalue weighted by atomic mass is 10.1. The highest BCUT2D eigenvalue weighted by Crippen LogP contribution is 2.26. The number of carbonyl (C=O) groups excluding carboxylic acids is 1. The van der Waals surface area contributed by atoms with E-state index < -0.39 is 10.8 Å². The van der Waals surface area contributed by atoms with Gasteiger partial charge in [0, 0.05) is 11.6 Å². The molecule has 0 saturated carbocycles. The molecular weight excluding hydrogens is 338 g/mol. The van der Waals surface area contributed by atoms with Crippen LogP contribution in [-0.4, -0.2) is 30.8 Å². The number of hydrazone groups is 1. The molecule has 26 heavy (non-hydrogen) atoms. The fraction of sp³-hybridized carbons (Fsp3) is 0.222. The van der Waals surface area contributed by atoms with Gasteiger partial charge in [0.25, 0.3) is 5.91 Å². The monoisotopic (exact) mass is 357 g/mol. The number of nitrogens with one attached hydrogen (secondary N) is 1. The van der Waals surface area contributed by atoms with E-state index in [0.717, 1.165) is 11.1 Å². The fourth-order valence-corrected chi connectivity index (χ4v) is 2.31. The Morgan fingerprint density at radius 3 is 2.54 bits per heavy atom. The van der Waals surface area contributed by atoms with E-state index in [2.05, 4.69) is 10.5 Å². The number of hydrogen-bond donors (Lipinski definition) is 1. The van der Waals surface area contributed by atoms with E-state index in [0.29, 0.717) is 11.3 Å². The van der Waals surface area contributed by atoms with Crippen molar-refractivity contribution in [1.82, 2.24) is 5.43 Å². The predicted octanol–water partition coefficient (Wildman–Crippen LogP) is 2.75. The van der Waals surface area contributed by atoms with Crippen molar-refractivity contribution >= 4 is 17.8 Å². The minimum atomic E-state index is -0.549. The smallest absolute Gasteiger partial charge is 0.311 e. The molecule has 0 unspecified atom stereocenters. The highest BCUT2D eigenvalue weighted by atomic mass is 16.6. The summed E-state index contributed by atoms with van der Waals surface area (Å²) in [7, 11) is 1.35. The van der Waals surface area contributed by atoms with E-state index in [1.165, 1.54) is 25.5 Å². The molecule has 0 spiro atoms. The van der Waals surface area contributed by atoms with E-state index in [9.17, 15) is 14.9 Å². The number of benzene rings is 2. The minimum absolute atomic E-state index is 0.151. The molecule has 8 heteroatoms. The van der Waals surface area contributed by atoms with Gasteiger partial charge in [0.05, 0.1) is 18.2 Å². The standard InChI is InChI=1S/C18H19N3O5/c1-12-6-13(2)8-15(7-12)26-11-18(22)20-19-10-14-4-5-17(25-3)16(9-14)21(23)24/h4-10H,11H2,1-3H3,(H,20,22). The van der Waals surface area contributed by atoms with Crippen molar-refractivity contribution in [3.8, 4) is 11.5 Å². The maximum Gasteiger partial charge on any atom is 0.311 e. The Kier molecular flexibility index (Phi) is 6.26. The Morgan fingerprint density at radius 2 is 1.92 bits per heavy atom. The molecule has 0 saturated heterocycles. The van der Waals surface area contributed by atoms with E-state index in [4.69, 9.17) is 9.47 Å². The van der Waals surface area contributed by atoms with Crippen LogP contribution in [0.5, 0.6) is 11.5 Å². The number of carbonyl (C=O) groups is 1. The van der Waals surface area contributed by atoms with Crippen LogP contribution in [0.1, 0.15) is 16.7 Å². The zero-order chi connectivity index (χ0) is 19.1. The van der Waals surface area contributed by atoms with E-state index in [1.54, 1.807) is 6.07 Å². The molecule has 136 valence electrons. The highest BCUT2D eigenvalue weighted by Gasteiger charge is 2.14. The van der Waals surface area contributed by atoms with Gasteiger partial charge in [-0.05, 0) is 49.2 Å². The Labute approximate surface area is 150 Å². The lowest BCUT2D eigenvalue weighted by molar-refractivity contribution is -0.385. The van der Waals surface area contributed by atoms with Crippen LogP contribution in [0.15, 0.2) is 41.5 Å². The Bertz CT molecular complexity index is 828. The van der Waals surface area contributed by atoms with Gasteiger partial charge in [-0.15, -0.1) is 0 Å². The molecule has 0 aromatic heterocycles. The van der Waals surface area contributed by atoms with Crippen LogP contribution in [0, 0.1) is 24.0 Å². The molecule has 0 radical (unpaired) electrons. The number of nitrogens with zero attached hydrogens (tertiary/aromatic N) is 2. The van der Waals surface area contributed by atoms with E-state index in [1.807, 2.05) is 32.0 Å². The van der Waals surface area contributed by atoms with Gasteiger partial charge < -0.3 is 9.47 Å². The second kappa shape index (κ2) is 8.61. The van der Waals surface area contributed by atoms with Crippen molar-refractivity contribution in [1.29, 1.82) is 0 Å². The zero-order valence-corrected chi connectivity index (χ0v) is 14.7. The van der Waals surface area contributed by atoms with Crippen molar-refractivity contribution in [3.63, 3.8) is 0 Å². The zero-order valence-electron chi connectivity index (χ0n) is 14.7. The molecule has 2 rings (SSSR count). The molecule has 2 aromatic rings. The third-order valence-electron chi connectivity index (χ3n) is 3.37. The number of ether oxygens (including phenoxy) is 2. The third kappa shape index (κ3) is 5.30. The molecular formula is C18H19N3O5. The van der Waals surface area contributed by atoms with Gasteiger partial charge in [0.15, 0.2) is 12.4 Å². The number of nitro groups is 1. The van der Waals surface area contributed by atoms with Crippen LogP contribution in [-0.2, 0) is 4.79 Å². The first-order valence-electron chi connectivity index (χ1n) is 7.74. The SMILES string of the molecule is COc1ccc(C=NNC(=O)COc2cc(C)cc(C)c2)cc1[N+](=O)[O-]. The van der Waals surface area contributed by atoms with Crippen LogP contribution in [0.25, 0.3) is 0 Å². The summed E-state index contributed by atoms with van der Waals surface area (Å²) in [5.74, 6) is 0.314. The Balaban J connectivity index is 1.92. The highest BCUT2D eigenvalue weighted by molar-refractivity contribution is 5.84. The quantitative estimate of drug-likeness (QED) is 0.466. The number of amides is 1. The van der Waals surface area contributed by atoms with Crippen LogP contribution in [0.2, 0.25) is 0 Å². The summed E-state index contributed by atoms with van der Waals surface area (Å²) in [4.78, 5) is 22.2. The van der Waals surface area contributed by atoms with Gasteiger partial charge in [0.2, 0.25) is 0 Å². The van der Waals surface area contributed by atoms with Crippen LogP contribution < -0.4 is 14.9 Å². The number of rotatable bonds is 7. The maximum atomic E-state index is 11.8. The van der Waals surface area contributed by atoms with Crippen molar-refractivity contribution in [2.24, 2.45) is 5.10 Å². The van der Waals surface area contributed by atoms with Gasteiger partial charge >= 0.3 is 5.69 Å². The summed E-state index contributed by atoms with van der Waals surface area (Å²) >= 11 is 0. The molecule has 0 heterocycles. The van der Waals surface area contributed by atoms with Crippen LogP contribution >= 0.6 is 0 Å². The summed E-state index contributed by atoms with van der Waals surface area (Å²) < 4.78 is 10.3. The van der Waals surface area contributed by atoms with Crippen molar-refractivity contribution in [2.45, 2.75) is 13.8 Å². The molecule has 1 amide bonds. The summed E-state index contributed by atoms with van der Waals surface area (Å²) in [6.45, 7) is 3.69. The van der Waals surface area contributed by atoms with E-state index in [-0.39, 0.29) is 18.0 Å². The van der Waals surface area contributed by atoms with Gasteiger partial charge in [-0.3, -0.25) is 14.9 Å². The molecule has 0 bridgehead atoms. The van der Waals surface area contributed by atoms with Crippen molar-refractivity contribution in [3.05, 3.63) is 63.2 Å². The average molecular weight is 357 g/mol. The molecule has 8 nitrogen and oxygen atoms in total. The first kappa shape index (κ1) is 18.9. The summed E-state index contributed by atoms with van der Waals surface area (Å²) in [6, 6.07) is 10.0. The lowest BCUT2D eigenvalue weighted by Crippen LogP contribution is -2.24. The minimum Gasteiger partial charge on any atom is -0.490 e. The number of nitro benzene ring substituents is 1. The summed E-state index contributed by atoms with van der Waals surface area (Å²) in [5, 5.41) is 14.8. The normalized spacial score (nSPS) is 10.6. The van der Waals surface area contributed by atoms with Gasteiger partial charge in [-0.2, -0.15) is 5.10 Å². The Hall–Kier alpha value is -3.42. The number of hydrogen-bond acceptors (Lipinski definition) is 6. The molecule has 2 aromatic carbocycles. The molecule has 0 fully saturated rings. The van der Waals surface area contributed by atoms with Gasteiger partial charge in [-0.25, -0.2) is 5.43 Å². The topological polar surface area (TPSA) is 103 Å². The van der Waals surface area contributed by atoms with Crippen LogP contribution in [0.3, 0.4) is 0 Å².